The normalized spacial score (nSPS) is 14.1. The van der Waals surface area contributed by atoms with Crippen LogP contribution >= 0.6 is 0 Å². The second kappa shape index (κ2) is 18.7. The first-order valence-electron chi connectivity index (χ1n) is 1.53. The topological polar surface area (TPSA) is 110 Å². The quantitative estimate of drug-likeness (QED) is 0.467. The molecule has 14 heteroatoms. The van der Waals surface area contributed by atoms with Crippen LogP contribution < -0.4 is 0 Å². The second-order valence-electron chi connectivity index (χ2n) is 0.774. The number of rotatable bonds is 4. The van der Waals surface area contributed by atoms with E-state index in [1.54, 1.807) is 0 Å². The van der Waals surface area contributed by atoms with E-state index in [4.69, 9.17) is 9.11 Å². The Morgan fingerprint density at radius 1 is 0.786 bits per heavy atom. The summed E-state index contributed by atoms with van der Waals surface area (Å²) in [5.41, 5.74) is 0. The van der Waals surface area contributed by atoms with Crippen molar-refractivity contribution in [2.24, 2.45) is 0 Å². The summed E-state index contributed by atoms with van der Waals surface area (Å²) in [4.78, 5) is 0. The molecule has 0 aliphatic carbocycles. The third kappa shape index (κ3) is 24.5. The van der Waals surface area contributed by atoms with Crippen LogP contribution in [-0.2, 0) is 41.3 Å². The smallest absolute Gasteiger partial charge is 1.00 e. The van der Waals surface area contributed by atoms with E-state index in [1.807, 2.05) is 0 Å². The van der Waals surface area contributed by atoms with E-state index in [1.165, 1.54) is 0 Å². The van der Waals surface area contributed by atoms with E-state index in [2.05, 4.69) is 7.26 Å². The summed E-state index contributed by atoms with van der Waals surface area (Å²) in [5, 5.41) is 0. The zero-order chi connectivity index (χ0) is 8.15. The van der Waals surface area contributed by atoms with Gasteiger partial charge < -0.3 is 11.4 Å². The third-order valence-corrected chi connectivity index (χ3v) is 2.05. The van der Waals surface area contributed by atoms with Crippen molar-refractivity contribution in [2.45, 2.75) is 0 Å². The Morgan fingerprint density at radius 3 is 1.14 bits per heavy atom. The maximum Gasteiger partial charge on any atom is 2.00 e. The monoisotopic (exact) mass is 314 g/mol. The minimum atomic E-state index is -2.78. The van der Waals surface area contributed by atoms with Crippen molar-refractivity contribution in [2.75, 3.05) is 0 Å². The molecule has 0 fully saturated rings. The van der Waals surface area contributed by atoms with Crippen molar-refractivity contribution >= 4 is 126 Å². The predicted molar refractivity (Wildman–Crippen MR) is 63.8 cm³/mol. The first-order chi connectivity index (χ1) is 4.52. The summed E-state index contributed by atoms with van der Waals surface area (Å²) in [6, 6.07) is 0. The van der Waals surface area contributed by atoms with Crippen molar-refractivity contribution in [3.05, 3.63) is 0 Å². The average Bonchev–Trinajstić information content (AvgIpc) is 1.58. The molecule has 0 aliphatic heterocycles. The molecule has 0 spiro atoms. The number of hydrogen-bond donors (Lipinski definition) is 2. The molecule has 0 aliphatic rings. The maximum absolute atomic E-state index is 10.0. The molecular formula is H10Mg4O7S3. The summed E-state index contributed by atoms with van der Waals surface area (Å²) in [7, 11) is 0. The summed E-state index contributed by atoms with van der Waals surface area (Å²) < 4.78 is 51.9. The van der Waals surface area contributed by atoms with Gasteiger partial charge >= 0.3 is 126 Å². The van der Waals surface area contributed by atoms with E-state index in [-0.39, 0.29) is 104 Å². The molecular weight excluding hydrogens is 305 g/mol. The fourth-order valence-electron chi connectivity index (χ4n) is 0.106. The van der Waals surface area contributed by atoms with Crippen LogP contribution in [0.4, 0.5) is 0 Å². The van der Waals surface area contributed by atoms with Gasteiger partial charge in [-0.25, -0.2) is 0 Å². The Hall–Kier alpha value is 3.35. The van der Waals surface area contributed by atoms with Crippen LogP contribution in [0.25, 0.3) is 0 Å². The van der Waals surface area contributed by atoms with Gasteiger partial charge in [-0.2, -0.15) is 12.6 Å². The average molecular weight is 315 g/mol. The molecule has 0 heterocycles. The summed E-state index contributed by atoms with van der Waals surface area (Å²) in [6.45, 7) is 0. The first-order valence-corrected chi connectivity index (χ1v) is 4.60. The van der Waals surface area contributed by atoms with Crippen LogP contribution in [0.2, 0.25) is 0 Å². The Morgan fingerprint density at radius 2 is 1.00 bits per heavy atom. The Kier molecular flexibility index (Phi) is 40.6. The van der Waals surface area contributed by atoms with E-state index in [0.717, 1.165) is 0 Å². The molecule has 2 unspecified atom stereocenters. The van der Waals surface area contributed by atoms with Gasteiger partial charge in [-0.05, 0) is 0 Å². The molecule has 0 saturated heterocycles. The van der Waals surface area contributed by atoms with E-state index in [0.29, 0.717) is 0 Å². The van der Waals surface area contributed by atoms with Gasteiger partial charge in [0.25, 0.3) is 0 Å². The van der Waals surface area contributed by atoms with Crippen LogP contribution in [0.5, 0.6) is 0 Å². The molecule has 2 atom stereocenters. The molecule has 14 heavy (non-hydrogen) atoms. The van der Waals surface area contributed by atoms with Gasteiger partial charge in [-0.1, -0.05) is 0 Å². The molecule has 0 aromatic carbocycles. The van der Waals surface area contributed by atoms with E-state index in [9.17, 15) is 12.6 Å². The van der Waals surface area contributed by atoms with Gasteiger partial charge in [-0.15, -0.1) is 7.26 Å². The van der Waals surface area contributed by atoms with Crippen molar-refractivity contribution in [3.63, 3.8) is 0 Å². The first kappa shape index (κ1) is 30.4. The number of hydrogen-bond acceptors (Lipinski definition) is 5. The molecule has 0 saturated carbocycles. The van der Waals surface area contributed by atoms with Crippen molar-refractivity contribution in [1.82, 2.24) is 0 Å². The third-order valence-electron chi connectivity index (χ3n) is 0.228. The Bertz CT molecular complexity index is 185. The van der Waals surface area contributed by atoms with Gasteiger partial charge in [0.15, 0.2) is 0 Å². The Labute approximate surface area is 165 Å². The Balaban J connectivity index is -0.00000000614. The van der Waals surface area contributed by atoms with E-state index < -0.39 is 34.1 Å². The minimum absolute atomic E-state index is 0. The summed E-state index contributed by atoms with van der Waals surface area (Å²) in [5.74, 6) is 0. The van der Waals surface area contributed by atoms with Crippen LogP contribution in [0, 0.1) is 0 Å². The van der Waals surface area contributed by atoms with Gasteiger partial charge in [0, 0.05) is 0 Å². The molecule has 7 nitrogen and oxygen atoms in total. The minimum Gasteiger partial charge on any atom is -1.00 e. The SMILES string of the molecule is O=S(O)OS(=O)OS(=O)O.[H-].[H-].[H-].[H-].[H-].[H-].[H-].[H-].[Mg+2].[Mg+2].[Mg+2].[Mg+2]. The van der Waals surface area contributed by atoms with Gasteiger partial charge in [0.2, 0.25) is 0 Å². The van der Waals surface area contributed by atoms with Crippen LogP contribution in [-0.4, -0.2) is 114 Å². The largest absolute Gasteiger partial charge is 2.00 e. The van der Waals surface area contributed by atoms with Crippen molar-refractivity contribution < 1.29 is 40.4 Å². The zero-order valence-corrected chi connectivity index (χ0v) is 15.1. The molecule has 78 valence electrons. The van der Waals surface area contributed by atoms with Crippen LogP contribution in [0.3, 0.4) is 0 Å². The zero-order valence-electron chi connectivity index (χ0n) is 15.0. The van der Waals surface area contributed by atoms with Gasteiger partial charge in [-0.3, -0.25) is 9.11 Å². The standard InChI is InChI=1S/4Mg.H2O7S3.8H/c;;;;1-8(2)6-10(5)7-9(3)4;;;;;;;;/h;;;;(H,1,2)(H,3,4);;;;;;;;/q4*+2;;8*-1. The second-order valence-corrected chi connectivity index (χ2v) is 3.14. The van der Waals surface area contributed by atoms with Crippen LogP contribution in [0.1, 0.15) is 11.4 Å². The molecule has 2 N–H and O–H groups in total. The fraction of sp³-hybridized carbons (Fsp3) is 0. The molecule has 0 aromatic rings. The molecule has 0 bridgehead atoms. The predicted octanol–water partition coefficient (Wildman–Crippen LogP) is -1.75. The molecule has 0 rings (SSSR count). The summed E-state index contributed by atoms with van der Waals surface area (Å²) >= 11 is -8.25. The van der Waals surface area contributed by atoms with Gasteiger partial charge in [0.1, 0.15) is 0 Å². The maximum atomic E-state index is 10.0. The van der Waals surface area contributed by atoms with Crippen molar-refractivity contribution in [3.8, 4) is 0 Å². The van der Waals surface area contributed by atoms with Gasteiger partial charge in [0.05, 0.1) is 0 Å². The summed E-state index contributed by atoms with van der Waals surface area (Å²) in [6.07, 6.45) is 0. The molecule has 0 radical (unpaired) electrons. The molecule has 0 amide bonds. The van der Waals surface area contributed by atoms with Crippen LogP contribution in [0.15, 0.2) is 0 Å². The van der Waals surface area contributed by atoms with E-state index >= 15 is 0 Å². The fourth-order valence-corrected chi connectivity index (χ4v) is 1.16. The molecule has 0 aromatic heterocycles. The van der Waals surface area contributed by atoms with Crippen molar-refractivity contribution in [1.29, 1.82) is 0 Å².